The maximum Gasteiger partial charge on any atom is 0.236 e. The molecule has 1 amide bonds. The van der Waals surface area contributed by atoms with Crippen LogP contribution in [0.25, 0.3) is 0 Å². The first-order valence-corrected chi connectivity index (χ1v) is 9.28. The van der Waals surface area contributed by atoms with Crippen LogP contribution in [0.1, 0.15) is 30.0 Å². The zero-order valence-corrected chi connectivity index (χ0v) is 17.3. The first kappa shape index (κ1) is 21.6. The first-order valence-electron chi connectivity index (χ1n) is 8.90. The molecule has 0 aliphatic rings. The molecule has 28 heavy (non-hydrogen) atoms. The predicted molar refractivity (Wildman–Crippen MR) is 111 cm³/mol. The van der Waals surface area contributed by atoms with E-state index in [1.807, 2.05) is 18.2 Å². The number of carbonyl (C=O) groups is 1. The summed E-state index contributed by atoms with van der Waals surface area (Å²) < 4.78 is 16.9. The Morgan fingerprint density at radius 1 is 1.14 bits per heavy atom. The van der Waals surface area contributed by atoms with Gasteiger partial charge in [-0.15, -0.1) is 0 Å². The number of nitrogens with zero attached hydrogens (tertiary/aromatic N) is 1. The van der Waals surface area contributed by atoms with E-state index in [1.165, 1.54) is 31.4 Å². The number of benzene rings is 2. The molecule has 0 bridgehead atoms. The summed E-state index contributed by atoms with van der Waals surface area (Å²) in [6.45, 7) is 6.47. The van der Waals surface area contributed by atoms with Gasteiger partial charge in [0.1, 0.15) is 5.75 Å². The van der Waals surface area contributed by atoms with E-state index in [0.29, 0.717) is 41.7 Å². The minimum Gasteiger partial charge on any atom is -0.493 e. The standard InChI is InChI=1S/C21H25ClN2O4/c1-14-6-7-18(10-15(14)2)27-8-5-9-28-21-19(22)11-17(12-20(21)26-4)13-23-24-16(3)25/h6-7,10-13H,5,8-9H2,1-4H3,(H,24,25)/b23-13-. The number of aryl methyl sites for hydroxylation is 2. The molecule has 6 nitrogen and oxygen atoms in total. The van der Waals surface area contributed by atoms with Crippen molar-refractivity contribution in [3.8, 4) is 17.2 Å². The largest absolute Gasteiger partial charge is 0.493 e. The number of hydrazone groups is 1. The van der Waals surface area contributed by atoms with Gasteiger partial charge in [-0.25, -0.2) is 5.43 Å². The van der Waals surface area contributed by atoms with Crippen LogP contribution in [0.3, 0.4) is 0 Å². The molecule has 7 heteroatoms. The summed E-state index contributed by atoms with van der Waals surface area (Å²) in [6.07, 6.45) is 2.18. The number of hydrogen-bond acceptors (Lipinski definition) is 5. The number of halogens is 1. The third-order valence-electron chi connectivity index (χ3n) is 3.97. The third kappa shape index (κ3) is 6.46. The van der Waals surface area contributed by atoms with Crippen molar-refractivity contribution in [3.63, 3.8) is 0 Å². The lowest BCUT2D eigenvalue weighted by atomic mass is 10.1. The highest BCUT2D eigenvalue weighted by Crippen LogP contribution is 2.36. The lowest BCUT2D eigenvalue weighted by Gasteiger charge is -2.14. The molecule has 1 N–H and O–H groups in total. The average Bonchev–Trinajstić information content (AvgIpc) is 2.65. The van der Waals surface area contributed by atoms with Crippen molar-refractivity contribution in [3.05, 3.63) is 52.0 Å². The Labute approximate surface area is 170 Å². The Bertz CT molecular complexity index is 853. The molecule has 0 aliphatic carbocycles. The molecule has 0 aromatic heterocycles. The van der Waals surface area contributed by atoms with Gasteiger partial charge in [-0.05, 0) is 54.8 Å². The van der Waals surface area contributed by atoms with Gasteiger partial charge in [0.05, 0.1) is 31.6 Å². The Balaban J connectivity index is 1.89. The number of nitrogens with one attached hydrogen (secondary N) is 1. The van der Waals surface area contributed by atoms with Crippen LogP contribution in [0.2, 0.25) is 5.02 Å². The Morgan fingerprint density at radius 3 is 2.57 bits per heavy atom. The maximum absolute atomic E-state index is 10.9. The van der Waals surface area contributed by atoms with Gasteiger partial charge >= 0.3 is 0 Å². The van der Waals surface area contributed by atoms with Crippen molar-refractivity contribution in [1.29, 1.82) is 0 Å². The van der Waals surface area contributed by atoms with Crippen molar-refractivity contribution in [2.75, 3.05) is 20.3 Å². The van der Waals surface area contributed by atoms with Crippen LogP contribution in [-0.2, 0) is 4.79 Å². The summed E-state index contributed by atoms with van der Waals surface area (Å²) in [5.41, 5.74) is 5.46. The Kier molecular flexibility index (Phi) is 8.14. The second-order valence-corrected chi connectivity index (χ2v) is 6.66. The normalized spacial score (nSPS) is 10.8. The molecule has 0 radical (unpaired) electrons. The van der Waals surface area contributed by atoms with E-state index >= 15 is 0 Å². The predicted octanol–water partition coefficient (Wildman–Crippen LogP) is 4.28. The highest BCUT2D eigenvalue weighted by Gasteiger charge is 2.11. The van der Waals surface area contributed by atoms with Gasteiger partial charge < -0.3 is 14.2 Å². The molecule has 0 fully saturated rings. The van der Waals surface area contributed by atoms with Gasteiger partial charge in [-0.3, -0.25) is 4.79 Å². The molecular weight excluding hydrogens is 380 g/mol. The Morgan fingerprint density at radius 2 is 1.89 bits per heavy atom. The minimum absolute atomic E-state index is 0.253. The van der Waals surface area contributed by atoms with E-state index < -0.39 is 0 Å². The molecule has 150 valence electrons. The fourth-order valence-electron chi connectivity index (χ4n) is 2.38. The fraction of sp³-hybridized carbons (Fsp3) is 0.333. The first-order chi connectivity index (χ1) is 13.4. The summed E-state index contributed by atoms with van der Waals surface area (Å²) in [7, 11) is 1.54. The average molecular weight is 405 g/mol. The Hall–Kier alpha value is -2.73. The molecular formula is C21H25ClN2O4. The fourth-order valence-corrected chi connectivity index (χ4v) is 2.65. The van der Waals surface area contributed by atoms with Crippen molar-refractivity contribution in [2.24, 2.45) is 5.10 Å². The van der Waals surface area contributed by atoms with Crippen molar-refractivity contribution in [2.45, 2.75) is 27.2 Å². The van der Waals surface area contributed by atoms with E-state index in [9.17, 15) is 4.79 Å². The van der Waals surface area contributed by atoms with E-state index in [2.05, 4.69) is 24.4 Å². The van der Waals surface area contributed by atoms with Crippen LogP contribution >= 0.6 is 11.6 Å². The van der Waals surface area contributed by atoms with Crippen LogP contribution < -0.4 is 19.6 Å². The highest BCUT2D eigenvalue weighted by molar-refractivity contribution is 6.32. The second-order valence-electron chi connectivity index (χ2n) is 6.26. The summed E-state index contributed by atoms with van der Waals surface area (Å²) in [5, 5.41) is 4.22. The summed E-state index contributed by atoms with van der Waals surface area (Å²) >= 11 is 6.31. The quantitative estimate of drug-likeness (QED) is 0.384. The third-order valence-corrected chi connectivity index (χ3v) is 4.25. The smallest absolute Gasteiger partial charge is 0.236 e. The number of methoxy groups -OCH3 is 1. The van der Waals surface area contributed by atoms with Gasteiger partial charge in [-0.2, -0.15) is 5.10 Å². The SMILES string of the molecule is COc1cc(/C=N\NC(C)=O)cc(Cl)c1OCCCOc1ccc(C)c(C)c1. The van der Waals surface area contributed by atoms with Crippen molar-refractivity contribution in [1.82, 2.24) is 5.43 Å². The molecule has 0 aliphatic heterocycles. The zero-order chi connectivity index (χ0) is 20.5. The van der Waals surface area contributed by atoms with Gasteiger partial charge in [0, 0.05) is 13.3 Å². The number of ether oxygens (including phenoxy) is 3. The summed E-state index contributed by atoms with van der Waals surface area (Å²) in [4.78, 5) is 10.9. The van der Waals surface area contributed by atoms with E-state index in [0.717, 1.165) is 5.75 Å². The van der Waals surface area contributed by atoms with Crippen molar-refractivity contribution >= 4 is 23.7 Å². The topological polar surface area (TPSA) is 69.2 Å². The van der Waals surface area contributed by atoms with Gasteiger partial charge in [-0.1, -0.05) is 17.7 Å². The maximum atomic E-state index is 10.9. The van der Waals surface area contributed by atoms with Crippen molar-refractivity contribution < 1.29 is 19.0 Å². The van der Waals surface area contributed by atoms with E-state index in [1.54, 1.807) is 12.1 Å². The molecule has 0 unspecified atom stereocenters. The lowest BCUT2D eigenvalue weighted by molar-refractivity contribution is -0.118. The summed E-state index contributed by atoms with van der Waals surface area (Å²) in [6, 6.07) is 9.46. The van der Waals surface area contributed by atoms with Crippen LogP contribution in [0.4, 0.5) is 0 Å². The molecule has 2 aromatic carbocycles. The van der Waals surface area contributed by atoms with Crippen LogP contribution in [0, 0.1) is 13.8 Å². The van der Waals surface area contributed by atoms with Gasteiger partial charge in [0.25, 0.3) is 0 Å². The molecule has 0 heterocycles. The van der Waals surface area contributed by atoms with Gasteiger partial charge in [0.15, 0.2) is 11.5 Å². The van der Waals surface area contributed by atoms with Gasteiger partial charge in [0.2, 0.25) is 5.91 Å². The van der Waals surface area contributed by atoms with E-state index in [-0.39, 0.29) is 5.91 Å². The molecule has 0 spiro atoms. The van der Waals surface area contributed by atoms with E-state index in [4.69, 9.17) is 25.8 Å². The summed E-state index contributed by atoms with van der Waals surface area (Å²) in [5.74, 6) is 1.55. The number of hydrogen-bond donors (Lipinski definition) is 1. The van der Waals surface area contributed by atoms with Crippen LogP contribution in [0.15, 0.2) is 35.4 Å². The highest BCUT2D eigenvalue weighted by atomic mass is 35.5. The number of carbonyl (C=O) groups excluding carboxylic acids is 1. The van der Waals surface area contributed by atoms with Crippen LogP contribution in [-0.4, -0.2) is 32.4 Å². The number of rotatable bonds is 9. The molecule has 2 rings (SSSR count). The molecule has 0 atom stereocenters. The molecule has 2 aromatic rings. The zero-order valence-electron chi connectivity index (χ0n) is 16.5. The number of amides is 1. The minimum atomic E-state index is -0.253. The molecule has 0 saturated heterocycles. The van der Waals surface area contributed by atoms with Crippen LogP contribution in [0.5, 0.6) is 17.2 Å². The second kappa shape index (κ2) is 10.6. The monoisotopic (exact) mass is 404 g/mol. The lowest BCUT2D eigenvalue weighted by Crippen LogP contribution is -2.12. The molecule has 0 saturated carbocycles.